The van der Waals surface area contributed by atoms with Crippen LogP contribution in [0.15, 0.2) is 0 Å². The highest BCUT2D eigenvalue weighted by molar-refractivity contribution is 5.86. The zero-order valence-corrected chi connectivity index (χ0v) is 10.9. The minimum absolute atomic E-state index is 0.0152. The van der Waals surface area contributed by atoms with E-state index in [4.69, 9.17) is 4.74 Å². The highest BCUT2D eigenvalue weighted by atomic mass is 16.5. The summed E-state index contributed by atoms with van der Waals surface area (Å²) in [5.74, 6) is -0.922. The van der Waals surface area contributed by atoms with Crippen LogP contribution in [-0.2, 0) is 9.53 Å². The fraction of sp³-hybridized carbons (Fsp3) is 0.833. The molecule has 0 aliphatic carbocycles. The minimum atomic E-state index is -1.06. The van der Waals surface area contributed by atoms with Crippen LogP contribution in [0.1, 0.15) is 26.7 Å². The van der Waals surface area contributed by atoms with Gasteiger partial charge in [0, 0.05) is 19.6 Å². The molecule has 2 rings (SSSR count). The lowest BCUT2D eigenvalue weighted by Gasteiger charge is -2.38. The van der Waals surface area contributed by atoms with Gasteiger partial charge in [0.05, 0.1) is 12.7 Å². The fourth-order valence-electron chi connectivity index (χ4n) is 2.66. The van der Waals surface area contributed by atoms with Crippen molar-refractivity contribution in [2.75, 3.05) is 26.2 Å². The first-order chi connectivity index (χ1) is 8.45. The predicted octanol–water partition coefficient (Wildman–Crippen LogP) is 0.766. The quantitative estimate of drug-likeness (QED) is 0.752. The second-order valence-corrected chi connectivity index (χ2v) is 5.24. The summed E-state index contributed by atoms with van der Waals surface area (Å²) < 4.78 is 5.39. The van der Waals surface area contributed by atoms with E-state index in [1.807, 2.05) is 6.92 Å². The van der Waals surface area contributed by atoms with Crippen molar-refractivity contribution in [3.63, 3.8) is 0 Å². The van der Waals surface area contributed by atoms with Crippen LogP contribution in [0.2, 0.25) is 0 Å². The third kappa shape index (κ3) is 2.16. The van der Waals surface area contributed by atoms with Crippen molar-refractivity contribution in [1.82, 2.24) is 9.80 Å². The van der Waals surface area contributed by atoms with Crippen molar-refractivity contribution in [3.05, 3.63) is 0 Å². The Morgan fingerprint density at radius 2 is 2.11 bits per heavy atom. The largest absolute Gasteiger partial charge is 0.480 e. The maximum absolute atomic E-state index is 12.4. The van der Waals surface area contributed by atoms with Crippen molar-refractivity contribution >= 4 is 12.0 Å². The van der Waals surface area contributed by atoms with Crippen LogP contribution in [-0.4, -0.2) is 64.8 Å². The van der Waals surface area contributed by atoms with Crippen LogP contribution in [0.5, 0.6) is 0 Å². The molecule has 2 heterocycles. The van der Waals surface area contributed by atoms with Crippen molar-refractivity contribution < 1.29 is 19.4 Å². The third-order valence-corrected chi connectivity index (χ3v) is 3.84. The lowest BCUT2D eigenvalue weighted by molar-refractivity contribution is -0.147. The Morgan fingerprint density at radius 3 is 2.72 bits per heavy atom. The average Bonchev–Trinajstić information content (AvgIpc) is 2.72. The number of likely N-dealkylation sites (tertiary alicyclic amines) is 1. The summed E-state index contributed by atoms with van der Waals surface area (Å²) in [5.41, 5.74) is -1.06. The van der Waals surface area contributed by atoms with E-state index in [1.165, 1.54) is 4.90 Å². The molecule has 0 aromatic heterocycles. The number of aliphatic carboxylic acids is 1. The van der Waals surface area contributed by atoms with Crippen molar-refractivity contribution in [2.45, 2.75) is 38.3 Å². The van der Waals surface area contributed by atoms with Crippen LogP contribution in [0.3, 0.4) is 0 Å². The number of carbonyl (C=O) groups is 2. The highest BCUT2D eigenvalue weighted by Gasteiger charge is 2.47. The molecule has 18 heavy (non-hydrogen) atoms. The SMILES string of the molecule is CC1CN(C(=O)N2CCCC2(C)C(=O)O)CCO1. The van der Waals surface area contributed by atoms with Gasteiger partial charge in [-0.25, -0.2) is 9.59 Å². The fourth-order valence-corrected chi connectivity index (χ4v) is 2.66. The molecule has 2 aliphatic rings. The van der Waals surface area contributed by atoms with Gasteiger partial charge in [0.15, 0.2) is 0 Å². The van der Waals surface area contributed by atoms with E-state index in [2.05, 4.69) is 0 Å². The van der Waals surface area contributed by atoms with Gasteiger partial charge in [0.2, 0.25) is 0 Å². The molecule has 2 aliphatic heterocycles. The standard InChI is InChI=1S/C12H20N2O4/c1-9-8-13(6-7-18-9)11(17)14-5-3-4-12(14,2)10(15)16/h9H,3-8H2,1-2H3,(H,15,16). The zero-order valence-electron chi connectivity index (χ0n) is 10.9. The van der Waals surface area contributed by atoms with Crippen molar-refractivity contribution in [3.8, 4) is 0 Å². The van der Waals surface area contributed by atoms with Crippen LogP contribution in [0.4, 0.5) is 4.79 Å². The molecule has 2 atom stereocenters. The molecule has 0 bridgehead atoms. The lowest BCUT2D eigenvalue weighted by atomic mass is 9.99. The third-order valence-electron chi connectivity index (χ3n) is 3.84. The Hall–Kier alpha value is -1.30. The van der Waals surface area contributed by atoms with Gasteiger partial charge in [-0.05, 0) is 26.7 Å². The second kappa shape index (κ2) is 4.76. The summed E-state index contributed by atoms with van der Waals surface area (Å²) in [5, 5.41) is 9.31. The molecular formula is C12H20N2O4. The topological polar surface area (TPSA) is 70.1 Å². The second-order valence-electron chi connectivity index (χ2n) is 5.24. The smallest absolute Gasteiger partial charge is 0.329 e. The normalized spacial score (nSPS) is 32.7. The first-order valence-electron chi connectivity index (χ1n) is 6.36. The Labute approximate surface area is 106 Å². The van der Waals surface area contributed by atoms with E-state index in [0.717, 1.165) is 6.42 Å². The predicted molar refractivity (Wildman–Crippen MR) is 64.4 cm³/mol. The molecule has 2 fully saturated rings. The van der Waals surface area contributed by atoms with Gasteiger partial charge in [0.25, 0.3) is 0 Å². The summed E-state index contributed by atoms with van der Waals surface area (Å²) in [6, 6.07) is -0.174. The van der Waals surface area contributed by atoms with Gasteiger partial charge in [-0.1, -0.05) is 0 Å². The molecule has 0 spiro atoms. The number of nitrogens with zero attached hydrogens (tertiary/aromatic N) is 2. The van der Waals surface area contributed by atoms with Crippen LogP contribution in [0, 0.1) is 0 Å². The minimum Gasteiger partial charge on any atom is -0.480 e. The summed E-state index contributed by atoms with van der Waals surface area (Å²) in [4.78, 5) is 26.9. The van der Waals surface area contributed by atoms with Crippen LogP contribution < -0.4 is 0 Å². The van der Waals surface area contributed by atoms with Crippen LogP contribution >= 0.6 is 0 Å². The van der Waals surface area contributed by atoms with E-state index in [0.29, 0.717) is 32.7 Å². The molecule has 6 nitrogen and oxygen atoms in total. The Morgan fingerprint density at radius 1 is 1.39 bits per heavy atom. The number of ether oxygens (including phenoxy) is 1. The molecule has 102 valence electrons. The summed E-state index contributed by atoms with van der Waals surface area (Å²) >= 11 is 0. The molecular weight excluding hydrogens is 236 g/mol. The van der Waals surface area contributed by atoms with Crippen LogP contribution in [0.25, 0.3) is 0 Å². The maximum Gasteiger partial charge on any atom is 0.329 e. The molecule has 1 N–H and O–H groups in total. The Kier molecular flexibility index (Phi) is 3.47. The number of rotatable bonds is 1. The molecule has 6 heteroatoms. The van der Waals surface area contributed by atoms with Gasteiger partial charge in [0.1, 0.15) is 5.54 Å². The number of morpholine rings is 1. The molecule has 0 aromatic carbocycles. The van der Waals surface area contributed by atoms with E-state index in [-0.39, 0.29) is 12.1 Å². The van der Waals surface area contributed by atoms with E-state index < -0.39 is 11.5 Å². The van der Waals surface area contributed by atoms with Gasteiger partial charge in [-0.2, -0.15) is 0 Å². The van der Waals surface area contributed by atoms with Gasteiger partial charge in [-0.3, -0.25) is 0 Å². The number of carboxylic acid groups (broad SMARTS) is 1. The maximum atomic E-state index is 12.4. The number of carbonyl (C=O) groups excluding carboxylic acids is 1. The van der Waals surface area contributed by atoms with Gasteiger partial charge >= 0.3 is 12.0 Å². The molecule has 0 saturated carbocycles. The lowest BCUT2D eigenvalue weighted by Crippen LogP contribution is -2.57. The molecule has 2 saturated heterocycles. The molecule has 0 aromatic rings. The van der Waals surface area contributed by atoms with E-state index in [1.54, 1.807) is 11.8 Å². The average molecular weight is 256 g/mol. The summed E-state index contributed by atoms with van der Waals surface area (Å²) in [7, 11) is 0. The monoisotopic (exact) mass is 256 g/mol. The van der Waals surface area contributed by atoms with Crippen molar-refractivity contribution in [2.24, 2.45) is 0 Å². The number of hydrogen-bond donors (Lipinski definition) is 1. The summed E-state index contributed by atoms with van der Waals surface area (Å²) in [6.07, 6.45) is 1.28. The molecule has 2 unspecified atom stereocenters. The first-order valence-corrected chi connectivity index (χ1v) is 6.36. The van der Waals surface area contributed by atoms with Gasteiger partial charge in [-0.15, -0.1) is 0 Å². The Balaban J connectivity index is 2.10. The van der Waals surface area contributed by atoms with Gasteiger partial charge < -0.3 is 19.6 Å². The number of urea groups is 1. The first kappa shape index (κ1) is 13.1. The van der Waals surface area contributed by atoms with Crippen molar-refractivity contribution in [1.29, 1.82) is 0 Å². The zero-order chi connectivity index (χ0) is 13.3. The molecule has 0 radical (unpaired) electrons. The molecule has 2 amide bonds. The number of carboxylic acids is 1. The van der Waals surface area contributed by atoms with E-state index in [9.17, 15) is 14.7 Å². The number of hydrogen-bond acceptors (Lipinski definition) is 3. The number of amides is 2. The highest BCUT2D eigenvalue weighted by Crippen LogP contribution is 2.30. The Bertz CT molecular complexity index is 360. The van der Waals surface area contributed by atoms with E-state index >= 15 is 0 Å². The summed E-state index contributed by atoms with van der Waals surface area (Å²) in [6.45, 7) is 5.65.